The molecule has 0 saturated carbocycles. The van der Waals surface area contributed by atoms with Crippen molar-refractivity contribution in [3.8, 4) is 6.07 Å². The normalized spacial score (nSPS) is 12.9. The Morgan fingerprint density at radius 2 is 1.85 bits per heavy atom. The number of nitrogens with one attached hydrogen (secondary N) is 2. The topological polar surface area (TPSA) is 125 Å². The molecule has 0 aromatic rings. The summed E-state index contributed by atoms with van der Waals surface area (Å²) in [6.45, 7) is 4.23. The number of sulfone groups is 1. The molecule has 114 valence electrons. The number of carbonyl (C=O) groups excluding carboxylic acids is 2. The standard InChI is InChI=1S/C11H19N3O5S/c1-11(2,3)19-10(16)14-7-8(20(4,17)18)9(15)13-6-5-12/h8H,6-7H2,1-4H3,(H,13,15)(H,14,16). The van der Waals surface area contributed by atoms with Crippen molar-refractivity contribution in [2.24, 2.45) is 0 Å². The lowest BCUT2D eigenvalue weighted by molar-refractivity contribution is -0.120. The predicted molar refractivity (Wildman–Crippen MR) is 71.5 cm³/mol. The lowest BCUT2D eigenvalue weighted by atomic mass is 10.2. The summed E-state index contributed by atoms with van der Waals surface area (Å²) in [6.07, 6.45) is 0.0552. The monoisotopic (exact) mass is 305 g/mol. The van der Waals surface area contributed by atoms with Crippen LogP contribution in [0.25, 0.3) is 0 Å². The maximum Gasteiger partial charge on any atom is 0.407 e. The Balaban J connectivity index is 4.67. The number of alkyl carbamates (subject to hydrolysis) is 1. The van der Waals surface area contributed by atoms with Gasteiger partial charge >= 0.3 is 6.09 Å². The number of amides is 2. The van der Waals surface area contributed by atoms with E-state index in [1.165, 1.54) is 0 Å². The van der Waals surface area contributed by atoms with Gasteiger partial charge in [0.2, 0.25) is 5.91 Å². The molecule has 0 aliphatic rings. The van der Waals surface area contributed by atoms with Gasteiger partial charge in [0, 0.05) is 12.8 Å². The number of carbonyl (C=O) groups is 2. The molecule has 0 aliphatic carbocycles. The van der Waals surface area contributed by atoms with Crippen LogP contribution in [0.15, 0.2) is 0 Å². The van der Waals surface area contributed by atoms with Crippen molar-refractivity contribution in [3.05, 3.63) is 0 Å². The molecule has 0 rings (SSSR count). The molecule has 0 aromatic heterocycles. The van der Waals surface area contributed by atoms with Gasteiger partial charge in [-0.2, -0.15) is 5.26 Å². The second kappa shape index (κ2) is 7.09. The summed E-state index contributed by atoms with van der Waals surface area (Å²) in [5.74, 6) is -0.842. The van der Waals surface area contributed by atoms with Gasteiger partial charge in [0.25, 0.3) is 0 Å². The van der Waals surface area contributed by atoms with Crippen LogP contribution < -0.4 is 10.6 Å². The number of nitriles is 1. The van der Waals surface area contributed by atoms with E-state index < -0.39 is 39.2 Å². The van der Waals surface area contributed by atoms with Crippen LogP contribution in [0.5, 0.6) is 0 Å². The van der Waals surface area contributed by atoms with Crippen LogP contribution in [-0.2, 0) is 19.4 Å². The molecule has 0 fully saturated rings. The first kappa shape index (κ1) is 18.2. The van der Waals surface area contributed by atoms with E-state index in [1.54, 1.807) is 26.8 Å². The van der Waals surface area contributed by atoms with Crippen LogP contribution in [-0.4, -0.2) is 50.6 Å². The zero-order valence-electron chi connectivity index (χ0n) is 11.9. The molecule has 1 unspecified atom stereocenters. The summed E-state index contributed by atoms with van der Waals surface area (Å²) in [4.78, 5) is 23.0. The summed E-state index contributed by atoms with van der Waals surface area (Å²) < 4.78 is 27.9. The van der Waals surface area contributed by atoms with Gasteiger partial charge in [-0.15, -0.1) is 0 Å². The zero-order valence-corrected chi connectivity index (χ0v) is 12.7. The molecule has 9 heteroatoms. The van der Waals surface area contributed by atoms with Crippen LogP contribution in [0.1, 0.15) is 20.8 Å². The largest absolute Gasteiger partial charge is 0.444 e. The number of rotatable bonds is 5. The van der Waals surface area contributed by atoms with Crippen molar-refractivity contribution in [3.63, 3.8) is 0 Å². The SMILES string of the molecule is CC(C)(C)OC(=O)NCC(C(=O)NCC#N)S(C)(=O)=O. The molecule has 2 N–H and O–H groups in total. The van der Waals surface area contributed by atoms with Crippen LogP contribution in [0.4, 0.5) is 4.79 Å². The first-order chi connectivity index (χ1) is 8.97. The zero-order chi connectivity index (χ0) is 16.0. The average Bonchev–Trinajstić information content (AvgIpc) is 2.21. The summed E-state index contributed by atoms with van der Waals surface area (Å²) in [7, 11) is -3.73. The van der Waals surface area contributed by atoms with Gasteiger partial charge < -0.3 is 15.4 Å². The lowest BCUT2D eigenvalue weighted by Gasteiger charge is -2.21. The van der Waals surface area contributed by atoms with Crippen molar-refractivity contribution in [2.45, 2.75) is 31.6 Å². The number of hydrogen-bond donors (Lipinski definition) is 2. The Kier molecular flexibility index (Phi) is 6.45. The van der Waals surface area contributed by atoms with Crippen LogP contribution >= 0.6 is 0 Å². The highest BCUT2D eigenvalue weighted by molar-refractivity contribution is 7.92. The molecule has 1 atom stereocenters. The Hall–Kier alpha value is -1.82. The van der Waals surface area contributed by atoms with E-state index in [0.29, 0.717) is 0 Å². The minimum Gasteiger partial charge on any atom is -0.444 e. The molecular formula is C11H19N3O5S. The highest BCUT2D eigenvalue weighted by Crippen LogP contribution is 2.07. The van der Waals surface area contributed by atoms with Gasteiger partial charge in [-0.1, -0.05) is 0 Å². The summed E-state index contributed by atoms with van der Waals surface area (Å²) in [5.41, 5.74) is -0.728. The molecular weight excluding hydrogens is 286 g/mol. The van der Waals surface area contributed by atoms with Crippen LogP contribution in [0, 0.1) is 11.3 Å². The van der Waals surface area contributed by atoms with E-state index in [1.807, 2.05) is 0 Å². The number of hydrogen-bond acceptors (Lipinski definition) is 6. The maximum absolute atomic E-state index is 11.6. The fraction of sp³-hybridized carbons (Fsp3) is 0.727. The van der Waals surface area contributed by atoms with Crippen molar-refractivity contribution in [2.75, 3.05) is 19.3 Å². The number of nitrogens with zero attached hydrogens (tertiary/aromatic N) is 1. The lowest BCUT2D eigenvalue weighted by Crippen LogP contribution is -2.47. The Bertz CT molecular complexity index is 501. The molecule has 0 aromatic carbocycles. The van der Waals surface area contributed by atoms with E-state index in [2.05, 4.69) is 10.6 Å². The first-order valence-electron chi connectivity index (χ1n) is 5.77. The van der Waals surface area contributed by atoms with Crippen LogP contribution in [0.2, 0.25) is 0 Å². The minimum absolute atomic E-state index is 0.308. The van der Waals surface area contributed by atoms with Crippen molar-refractivity contribution in [1.82, 2.24) is 10.6 Å². The molecule has 20 heavy (non-hydrogen) atoms. The minimum atomic E-state index is -3.73. The summed E-state index contributed by atoms with van der Waals surface area (Å²) in [5, 5.41) is 11.2. The van der Waals surface area contributed by atoms with Gasteiger partial charge in [-0.05, 0) is 20.8 Å². The fourth-order valence-electron chi connectivity index (χ4n) is 1.17. The molecule has 0 heterocycles. The van der Waals surface area contributed by atoms with Gasteiger partial charge in [0.15, 0.2) is 15.1 Å². The third-order valence-electron chi connectivity index (χ3n) is 1.98. The van der Waals surface area contributed by atoms with Crippen molar-refractivity contribution in [1.29, 1.82) is 5.26 Å². The molecule has 0 spiro atoms. The van der Waals surface area contributed by atoms with Gasteiger partial charge in [0.1, 0.15) is 12.1 Å². The van der Waals surface area contributed by atoms with E-state index in [4.69, 9.17) is 10.00 Å². The molecule has 0 saturated heterocycles. The molecule has 2 amide bonds. The summed E-state index contributed by atoms with van der Waals surface area (Å²) >= 11 is 0. The Morgan fingerprint density at radius 1 is 1.30 bits per heavy atom. The second-order valence-corrected chi connectivity index (χ2v) is 7.30. The highest BCUT2D eigenvalue weighted by Gasteiger charge is 2.29. The third kappa shape index (κ3) is 7.58. The molecule has 0 bridgehead atoms. The average molecular weight is 305 g/mol. The molecule has 0 radical (unpaired) electrons. The van der Waals surface area contributed by atoms with Crippen molar-refractivity contribution < 1.29 is 22.7 Å². The predicted octanol–water partition coefficient (Wildman–Crippen LogP) is -0.436. The molecule has 0 aliphatic heterocycles. The van der Waals surface area contributed by atoms with E-state index >= 15 is 0 Å². The third-order valence-corrected chi connectivity index (χ3v) is 3.40. The van der Waals surface area contributed by atoms with Gasteiger partial charge in [0.05, 0.1) is 6.07 Å². The van der Waals surface area contributed by atoms with E-state index in [0.717, 1.165) is 6.26 Å². The smallest absolute Gasteiger partial charge is 0.407 e. The fourth-order valence-corrected chi connectivity index (χ4v) is 2.03. The maximum atomic E-state index is 11.6. The van der Waals surface area contributed by atoms with Gasteiger partial charge in [-0.25, -0.2) is 13.2 Å². The van der Waals surface area contributed by atoms with Crippen LogP contribution in [0.3, 0.4) is 0 Å². The van der Waals surface area contributed by atoms with Gasteiger partial charge in [-0.3, -0.25) is 4.79 Å². The van der Waals surface area contributed by atoms with E-state index in [9.17, 15) is 18.0 Å². The van der Waals surface area contributed by atoms with Crippen molar-refractivity contribution >= 4 is 21.8 Å². The second-order valence-electron chi connectivity index (χ2n) is 5.08. The number of ether oxygens (including phenoxy) is 1. The quantitative estimate of drug-likeness (QED) is 0.663. The highest BCUT2D eigenvalue weighted by atomic mass is 32.2. The Morgan fingerprint density at radius 3 is 2.25 bits per heavy atom. The Labute approximate surface area is 118 Å². The summed E-state index contributed by atoms with van der Waals surface area (Å²) in [6, 6.07) is 1.66. The molecule has 8 nitrogen and oxygen atoms in total. The first-order valence-corrected chi connectivity index (χ1v) is 7.73. The van der Waals surface area contributed by atoms with E-state index in [-0.39, 0.29) is 6.54 Å².